The monoisotopic (exact) mass is 395 g/mol. The van der Waals surface area contributed by atoms with Crippen LogP contribution in [0.1, 0.15) is 57.1 Å². The quantitative estimate of drug-likeness (QED) is 0.625. The summed E-state index contributed by atoms with van der Waals surface area (Å²) >= 11 is 1.79. The lowest BCUT2D eigenvalue weighted by Gasteiger charge is -2.31. The van der Waals surface area contributed by atoms with Crippen LogP contribution < -0.4 is 9.80 Å². The molecule has 0 saturated carbocycles. The smallest absolute Gasteiger partial charge is 0.150 e. The molecule has 0 atom stereocenters. The topological polar surface area (TPSA) is 45.2 Å². The zero-order chi connectivity index (χ0) is 19.1. The lowest BCUT2D eigenvalue weighted by atomic mass is 9.89. The largest absolute Gasteiger partial charge is 0.356 e. The average molecular weight is 396 g/mol. The van der Waals surface area contributed by atoms with Crippen LogP contribution in [0.2, 0.25) is 0 Å². The van der Waals surface area contributed by atoms with E-state index in [1.54, 1.807) is 17.7 Å². The predicted molar refractivity (Wildman–Crippen MR) is 119 cm³/mol. The number of fused-ring (bicyclic) bond motifs is 5. The Labute approximate surface area is 170 Å². The van der Waals surface area contributed by atoms with Gasteiger partial charge in [0.2, 0.25) is 0 Å². The molecule has 3 aromatic rings. The number of rotatable bonds is 4. The number of hydrogen-bond acceptors (Lipinski definition) is 6. The Kier molecular flexibility index (Phi) is 4.83. The molecule has 1 fully saturated rings. The Morgan fingerprint density at radius 1 is 0.964 bits per heavy atom. The van der Waals surface area contributed by atoms with E-state index in [2.05, 4.69) is 28.6 Å². The summed E-state index contributed by atoms with van der Waals surface area (Å²) in [5.74, 6) is 2.34. The van der Waals surface area contributed by atoms with Crippen molar-refractivity contribution in [2.75, 3.05) is 36.0 Å². The highest BCUT2D eigenvalue weighted by molar-refractivity contribution is 7.26. The number of nitrogens with zero attached hydrogens (tertiary/aromatic N) is 5. The lowest BCUT2D eigenvalue weighted by molar-refractivity contribution is 0.569. The zero-order valence-corrected chi connectivity index (χ0v) is 17.8. The maximum absolute atomic E-state index is 5.26. The molecule has 0 bridgehead atoms. The van der Waals surface area contributed by atoms with Gasteiger partial charge in [-0.05, 0) is 69.9 Å². The number of aromatic nitrogens is 3. The fourth-order valence-corrected chi connectivity index (χ4v) is 6.12. The molecule has 0 unspecified atom stereocenters. The van der Waals surface area contributed by atoms with Crippen molar-refractivity contribution in [1.29, 1.82) is 0 Å². The maximum atomic E-state index is 5.26. The average Bonchev–Trinajstić information content (AvgIpc) is 3.14. The lowest BCUT2D eigenvalue weighted by Crippen LogP contribution is -2.31. The minimum atomic E-state index is 0.960. The molecule has 0 N–H and O–H groups in total. The summed E-state index contributed by atoms with van der Waals surface area (Å²) in [6.07, 6.45) is 10.6. The predicted octanol–water partition coefficient (Wildman–Crippen LogP) is 4.95. The van der Waals surface area contributed by atoms with Crippen LogP contribution in [0.15, 0.2) is 6.33 Å². The van der Waals surface area contributed by atoms with E-state index in [4.69, 9.17) is 9.97 Å². The molecule has 0 spiro atoms. The third-order valence-corrected chi connectivity index (χ3v) is 7.47. The Hall–Kier alpha value is -1.95. The molecule has 0 aromatic carbocycles. The molecule has 5 rings (SSSR count). The molecule has 2 aliphatic rings. The van der Waals surface area contributed by atoms with Gasteiger partial charge < -0.3 is 9.80 Å². The summed E-state index contributed by atoms with van der Waals surface area (Å²) in [5.41, 5.74) is 4.14. The van der Waals surface area contributed by atoms with Gasteiger partial charge in [-0.15, -0.1) is 11.3 Å². The molecule has 6 heteroatoms. The van der Waals surface area contributed by atoms with E-state index in [0.717, 1.165) is 55.2 Å². The second-order valence-corrected chi connectivity index (χ2v) is 8.98. The summed E-state index contributed by atoms with van der Waals surface area (Å²) < 4.78 is 1.21. The van der Waals surface area contributed by atoms with Crippen LogP contribution in [0.4, 0.5) is 11.6 Å². The third-order valence-electron chi connectivity index (χ3n) is 6.40. The van der Waals surface area contributed by atoms with Gasteiger partial charge in [-0.1, -0.05) is 0 Å². The Balaban J connectivity index is 1.77. The molecular formula is C22H29N5S. The van der Waals surface area contributed by atoms with E-state index in [-0.39, 0.29) is 0 Å². The highest BCUT2D eigenvalue weighted by atomic mass is 32.1. The first-order chi connectivity index (χ1) is 13.8. The first-order valence-corrected chi connectivity index (χ1v) is 11.7. The number of piperidine rings is 1. The highest BCUT2D eigenvalue weighted by Gasteiger charge is 2.26. The van der Waals surface area contributed by atoms with Crippen molar-refractivity contribution in [2.45, 2.75) is 58.8 Å². The van der Waals surface area contributed by atoms with Crippen LogP contribution >= 0.6 is 11.3 Å². The van der Waals surface area contributed by atoms with Gasteiger partial charge in [0.05, 0.1) is 10.2 Å². The van der Waals surface area contributed by atoms with Crippen molar-refractivity contribution in [3.05, 3.63) is 17.5 Å². The normalized spacial score (nSPS) is 17.3. The SMILES string of the molecule is CCN(CC)c1ncnc2c1sc1nc(N3CCCCC3)c3c(c12)CCCC3. The molecule has 4 heterocycles. The second-order valence-electron chi connectivity index (χ2n) is 7.98. The Morgan fingerprint density at radius 3 is 2.46 bits per heavy atom. The number of pyridine rings is 1. The first-order valence-electron chi connectivity index (χ1n) is 10.9. The molecule has 28 heavy (non-hydrogen) atoms. The minimum Gasteiger partial charge on any atom is -0.356 e. The third kappa shape index (κ3) is 2.84. The van der Waals surface area contributed by atoms with Crippen molar-refractivity contribution < 1.29 is 0 Å². The van der Waals surface area contributed by atoms with Crippen LogP contribution in [-0.2, 0) is 12.8 Å². The van der Waals surface area contributed by atoms with E-state index >= 15 is 0 Å². The van der Waals surface area contributed by atoms with E-state index in [0.29, 0.717) is 0 Å². The standard InChI is InChI=1S/C22H29N5S/c1-3-26(4-2)21-19-18(23-14-24-21)17-15-10-6-7-11-16(15)20(25-22(17)28-19)27-12-8-5-9-13-27/h14H,3-13H2,1-2H3. The first kappa shape index (κ1) is 18.1. The summed E-state index contributed by atoms with van der Waals surface area (Å²) in [7, 11) is 0. The van der Waals surface area contributed by atoms with Gasteiger partial charge in [0.25, 0.3) is 0 Å². The summed E-state index contributed by atoms with van der Waals surface area (Å²) in [5, 5.41) is 1.31. The minimum absolute atomic E-state index is 0.960. The molecular weight excluding hydrogens is 366 g/mol. The van der Waals surface area contributed by atoms with Crippen molar-refractivity contribution >= 4 is 43.4 Å². The van der Waals surface area contributed by atoms with E-state index < -0.39 is 0 Å². The van der Waals surface area contributed by atoms with Gasteiger partial charge in [0, 0.05) is 31.6 Å². The second kappa shape index (κ2) is 7.47. The number of aryl methyl sites for hydroxylation is 1. The molecule has 1 aliphatic carbocycles. The van der Waals surface area contributed by atoms with Gasteiger partial charge >= 0.3 is 0 Å². The van der Waals surface area contributed by atoms with Gasteiger partial charge in [0.1, 0.15) is 22.8 Å². The van der Waals surface area contributed by atoms with Gasteiger partial charge in [-0.3, -0.25) is 0 Å². The van der Waals surface area contributed by atoms with Crippen LogP contribution in [0.3, 0.4) is 0 Å². The van der Waals surface area contributed by atoms with Crippen LogP contribution in [0, 0.1) is 0 Å². The number of hydrogen-bond donors (Lipinski definition) is 0. The van der Waals surface area contributed by atoms with Gasteiger partial charge in [-0.2, -0.15) is 0 Å². The maximum Gasteiger partial charge on any atom is 0.150 e. The summed E-state index contributed by atoms with van der Waals surface area (Å²) in [6.45, 7) is 8.61. The van der Waals surface area contributed by atoms with Gasteiger partial charge in [-0.25, -0.2) is 15.0 Å². The van der Waals surface area contributed by atoms with Crippen molar-refractivity contribution in [3.63, 3.8) is 0 Å². The van der Waals surface area contributed by atoms with Crippen LogP contribution in [0.5, 0.6) is 0 Å². The molecule has 1 aliphatic heterocycles. The fourth-order valence-electron chi connectivity index (χ4n) is 4.94. The Bertz CT molecular complexity index is 1000. The van der Waals surface area contributed by atoms with E-state index in [1.165, 1.54) is 59.1 Å². The molecule has 3 aromatic heterocycles. The van der Waals surface area contributed by atoms with Crippen molar-refractivity contribution in [1.82, 2.24) is 15.0 Å². The Morgan fingerprint density at radius 2 is 1.71 bits per heavy atom. The number of thiophene rings is 1. The van der Waals surface area contributed by atoms with E-state index in [1.807, 2.05) is 0 Å². The molecule has 148 valence electrons. The molecule has 5 nitrogen and oxygen atoms in total. The van der Waals surface area contributed by atoms with E-state index in [9.17, 15) is 0 Å². The molecule has 0 radical (unpaired) electrons. The molecule has 1 saturated heterocycles. The fraction of sp³-hybridized carbons (Fsp3) is 0.591. The summed E-state index contributed by atoms with van der Waals surface area (Å²) in [4.78, 5) is 20.7. The van der Waals surface area contributed by atoms with Crippen molar-refractivity contribution in [2.24, 2.45) is 0 Å². The van der Waals surface area contributed by atoms with Gasteiger partial charge in [0.15, 0.2) is 0 Å². The molecule has 0 amide bonds. The number of anilines is 2. The van der Waals surface area contributed by atoms with Crippen LogP contribution in [-0.4, -0.2) is 41.1 Å². The highest BCUT2D eigenvalue weighted by Crippen LogP contribution is 2.43. The summed E-state index contributed by atoms with van der Waals surface area (Å²) in [6, 6.07) is 0. The zero-order valence-electron chi connectivity index (χ0n) is 17.0. The van der Waals surface area contributed by atoms with Crippen LogP contribution in [0.25, 0.3) is 20.4 Å². The van der Waals surface area contributed by atoms with Crippen molar-refractivity contribution in [3.8, 4) is 0 Å².